The summed E-state index contributed by atoms with van der Waals surface area (Å²) in [5, 5.41) is 10.3. The van der Waals surface area contributed by atoms with Crippen LogP contribution < -0.4 is 4.74 Å². The normalized spacial score (nSPS) is 17.1. The van der Waals surface area contributed by atoms with E-state index in [1.165, 1.54) is 0 Å². The number of benzene rings is 2. The van der Waals surface area contributed by atoms with Crippen LogP contribution in [-0.4, -0.2) is 68.2 Å². The second-order valence-corrected chi connectivity index (χ2v) is 9.95. The van der Waals surface area contributed by atoms with E-state index in [0.29, 0.717) is 37.6 Å². The molecule has 0 spiro atoms. The van der Waals surface area contributed by atoms with E-state index in [4.69, 9.17) is 4.74 Å². The molecule has 0 aromatic heterocycles. The molecular formula is C23H32N2O4S. The van der Waals surface area contributed by atoms with Gasteiger partial charge in [0.1, 0.15) is 18.5 Å². The minimum Gasteiger partial charge on any atom is -0.491 e. The molecule has 0 aliphatic carbocycles. The average molecular weight is 433 g/mol. The first-order valence-electron chi connectivity index (χ1n) is 10.4. The van der Waals surface area contributed by atoms with Crippen LogP contribution in [-0.2, 0) is 10.0 Å². The molecule has 3 rings (SSSR count). The molecule has 0 amide bonds. The third-order valence-corrected chi connectivity index (χ3v) is 8.05. The molecule has 0 bridgehead atoms. The van der Waals surface area contributed by atoms with Gasteiger partial charge in [0.25, 0.3) is 0 Å². The van der Waals surface area contributed by atoms with E-state index in [1.807, 2.05) is 64.1 Å². The number of aliphatic hydroxyl groups is 1. The van der Waals surface area contributed by atoms with Crippen LogP contribution in [0.1, 0.15) is 22.3 Å². The summed E-state index contributed by atoms with van der Waals surface area (Å²) in [5.41, 5.74) is 3.65. The molecule has 2 aromatic carbocycles. The fraction of sp³-hybridized carbons (Fsp3) is 0.478. The van der Waals surface area contributed by atoms with E-state index < -0.39 is 16.1 Å². The molecule has 164 valence electrons. The van der Waals surface area contributed by atoms with Gasteiger partial charge in [-0.2, -0.15) is 4.31 Å². The largest absolute Gasteiger partial charge is 0.491 e. The molecule has 1 atom stereocenters. The molecule has 1 heterocycles. The molecule has 0 saturated carbocycles. The Morgan fingerprint density at radius 2 is 1.53 bits per heavy atom. The van der Waals surface area contributed by atoms with Crippen LogP contribution in [0.5, 0.6) is 5.75 Å². The molecule has 2 aromatic rings. The molecule has 1 fully saturated rings. The summed E-state index contributed by atoms with van der Waals surface area (Å²) >= 11 is 0. The number of ether oxygens (including phenoxy) is 1. The minimum absolute atomic E-state index is 0.212. The smallest absolute Gasteiger partial charge is 0.243 e. The summed E-state index contributed by atoms with van der Waals surface area (Å²) in [7, 11) is -3.55. The number of sulfonamides is 1. The molecular weight excluding hydrogens is 400 g/mol. The summed E-state index contributed by atoms with van der Waals surface area (Å²) in [5.74, 6) is 0.728. The van der Waals surface area contributed by atoms with Crippen molar-refractivity contribution in [2.24, 2.45) is 0 Å². The number of hydrogen-bond acceptors (Lipinski definition) is 5. The van der Waals surface area contributed by atoms with E-state index in [0.717, 1.165) is 28.0 Å². The van der Waals surface area contributed by atoms with Gasteiger partial charge in [-0.1, -0.05) is 24.3 Å². The number of para-hydroxylation sites is 1. The predicted molar refractivity (Wildman–Crippen MR) is 119 cm³/mol. The molecule has 6 nitrogen and oxygen atoms in total. The number of rotatable bonds is 7. The van der Waals surface area contributed by atoms with E-state index in [-0.39, 0.29) is 6.61 Å². The number of β-amino-alcohol motifs (C(OH)–C–C–N with tert-alkyl or cyclic N) is 1. The van der Waals surface area contributed by atoms with Crippen molar-refractivity contribution >= 4 is 10.0 Å². The van der Waals surface area contributed by atoms with Crippen molar-refractivity contribution in [3.63, 3.8) is 0 Å². The van der Waals surface area contributed by atoms with Crippen LogP contribution in [0, 0.1) is 27.7 Å². The maximum absolute atomic E-state index is 13.4. The fourth-order valence-corrected chi connectivity index (χ4v) is 5.91. The molecule has 1 N–H and O–H groups in total. The highest BCUT2D eigenvalue weighted by molar-refractivity contribution is 7.89. The highest BCUT2D eigenvalue weighted by atomic mass is 32.2. The van der Waals surface area contributed by atoms with Crippen molar-refractivity contribution in [1.82, 2.24) is 9.21 Å². The summed E-state index contributed by atoms with van der Waals surface area (Å²) in [6.45, 7) is 10.4. The van der Waals surface area contributed by atoms with Crippen LogP contribution in [0.15, 0.2) is 41.3 Å². The highest BCUT2D eigenvalue weighted by Gasteiger charge is 2.32. The Morgan fingerprint density at radius 1 is 0.967 bits per heavy atom. The lowest BCUT2D eigenvalue weighted by atomic mass is 10.0. The second kappa shape index (κ2) is 9.47. The average Bonchev–Trinajstić information content (AvgIpc) is 2.72. The number of aliphatic hydroxyl groups excluding tert-OH is 1. The van der Waals surface area contributed by atoms with Gasteiger partial charge in [0, 0.05) is 32.7 Å². The van der Waals surface area contributed by atoms with Crippen LogP contribution in [0.3, 0.4) is 0 Å². The lowest BCUT2D eigenvalue weighted by Gasteiger charge is -2.35. The maximum Gasteiger partial charge on any atom is 0.243 e. The van der Waals surface area contributed by atoms with E-state index in [9.17, 15) is 13.5 Å². The first-order valence-corrected chi connectivity index (χ1v) is 11.8. The lowest BCUT2D eigenvalue weighted by Crippen LogP contribution is -2.51. The SMILES string of the molecule is Cc1cc(C)c(C)c(S(=O)(=O)N2CCN(CC(O)COc3ccccc3)CC2)c1C. The molecule has 30 heavy (non-hydrogen) atoms. The zero-order valence-electron chi connectivity index (χ0n) is 18.3. The zero-order chi connectivity index (χ0) is 21.9. The van der Waals surface area contributed by atoms with Crippen molar-refractivity contribution in [2.75, 3.05) is 39.3 Å². The van der Waals surface area contributed by atoms with Gasteiger partial charge in [-0.05, 0) is 62.1 Å². The maximum atomic E-state index is 13.4. The molecule has 1 unspecified atom stereocenters. The van der Waals surface area contributed by atoms with Crippen molar-refractivity contribution in [3.8, 4) is 5.75 Å². The quantitative estimate of drug-likeness (QED) is 0.728. The number of nitrogens with zero attached hydrogens (tertiary/aromatic N) is 2. The number of aryl methyl sites for hydroxylation is 2. The molecule has 1 saturated heterocycles. The third-order valence-electron chi connectivity index (χ3n) is 5.88. The van der Waals surface area contributed by atoms with Crippen LogP contribution in [0.4, 0.5) is 0 Å². The molecule has 7 heteroatoms. The standard InChI is InChI=1S/C23H32N2O4S/c1-17-14-18(2)20(4)23(19(17)3)30(27,28)25-12-10-24(11-13-25)15-21(26)16-29-22-8-6-5-7-9-22/h5-9,14,21,26H,10-13,15-16H2,1-4H3. The van der Waals surface area contributed by atoms with Crippen LogP contribution in [0.25, 0.3) is 0 Å². The van der Waals surface area contributed by atoms with Gasteiger partial charge < -0.3 is 9.84 Å². The first kappa shape index (κ1) is 22.7. The van der Waals surface area contributed by atoms with Crippen molar-refractivity contribution in [1.29, 1.82) is 0 Å². The van der Waals surface area contributed by atoms with Gasteiger partial charge >= 0.3 is 0 Å². The lowest BCUT2D eigenvalue weighted by molar-refractivity contribution is 0.0569. The summed E-state index contributed by atoms with van der Waals surface area (Å²) in [4.78, 5) is 2.54. The van der Waals surface area contributed by atoms with E-state index >= 15 is 0 Å². The summed E-state index contributed by atoms with van der Waals surface area (Å²) in [6.07, 6.45) is -0.628. The van der Waals surface area contributed by atoms with Gasteiger partial charge in [0.05, 0.1) is 4.90 Å². The van der Waals surface area contributed by atoms with Gasteiger partial charge in [-0.25, -0.2) is 8.42 Å². The van der Waals surface area contributed by atoms with E-state index in [2.05, 4.69) is 4.90 Å². The van der Waals surface area contributed by atoms with Gasteiger partial charge in [0.15, 0.2) is 0 Å². The Balaban J connectivity index is 1.59. The van der Waals surface area contributed by atoms with Gasteiger partial charge in [-0.15, -0.1) is 0 Å². The second-order valence-electron chi connectivity index (χ2n) is 8.07. The minimum atomic E-state index is -3.55. The predicted octanol–water partition coefficient (Wildman–Crippen LogP) is 2.67. The Bertz CT molecular complexity index is 942. The molecule has 1 aliphatic rings. The van der Waals surface area contributed by atoms with E-state index in [1.54, 1.807) is 4.31 Å². The molecule has 0 radical (unpaired) electrons. The Hall–Kier alpha value is -1.93. The van der Waals surface area contributed by atoms with Crippen LogP contribution >= 0.6 is 0 Å². The highest BCUT2D eigenvalue weighted by Crippen LogP contribution is 2.29. The van der Waals surface area contributed by atoms with Crippen LogP contribution in [0.2, 0.25) is 0 Å². The number of piperazine rings is 1. The van der Waals surface area contributed by atoms with Gasteiger partial charge in [0.2, 0.25) is 10.0 Å². The number of hydrogen-bond donors (Lipinski definition) is 1. The fourth-order valence-electron chi connectivity index (χ4n) is 3.91. The first-order chi connectivity index (χ1) is 14.2. The van der Waals surface area contributed by atoms with Gasteiger partial charge in [-0.3, -0.25) is 4.90 Å². The Labute approximate surface area is 180 Å². The van der Waals surface area contributed by atoms with Crippen molar-refractivity contribution < 1.29 is 18.3 Å². The summed E-state index contributed by atoms with van der Waals surface area (Å²) < 4.78 is 33.9. The molecule has 1 aliphatic heterocycles. The van der Waals surface area contributed by atoms with Crippen molar-refractivity contribution in [3.05, 3.63) is 58.7 Å². The topological polar surface area (TPSA) is 70.1 Å². The Morgan fingerprint density at radius 3 is 2.10 bits per heavy atom. The van der Waals surface area contributed by atoms with Crippen molar-refractivity contribution in [2.45, 2.75) is 38.7 Å². The monoisotopic (exact) mass is 432 g/mol. The Kier molecular flexibility index (Phi) is 7.18. The third kappa shape index (κ3) is 5.03. The zero-order valence-corrected chi connectivity index (χ0v) is 19.1. The summed E-state index contributed by atoms with van der Waals surface area (Å²) in [6, 6.07) is 11.4.